The van der Waals surface area contributed by atoms with Crippen molar-refractivity contribution in [1.82, 2.24) is 5.32 Å². The Kier molecular flexibility index (Phi) is 5.34. The van der Waals surface area contributed by atoms with Crippen LogP contribution in [-0.2, 0) is 0 Å². The number of halogens is 1. The second kappa shape index (κ2) is 6.82. The summed E-state index contributed by atoms with van der Waals surface area (Å²) in [4.78, 5) is 2.41. The number of anilines is 1. The quantitative estimate of drug-likeness (QED) is 0.870. The SMILES string of the molecule is CNC(C)c1ccc(N(C)C2CCC(C)CC2)cc1Cl. The maximum atomic E-state index is 6.44. The first-order valence-electron chi connectivity index (χ1n) is 7.72. The molecule has 0 heterocycles. The lowest BCUT2D eigenvalue weighted by molar-refractivity contribution is 0.341. The lowest BCUT2D eigenvalue weighted by atomic mass is 9.86. The van der Waals surface area contributed by atoms with Crippen LogP contribution in [0.1, 0.15) is 51.1 Å². The van der Waals surface area contributed by atoms with Crippen molar-refractivity contribution >= 4 is 17.3 Å². The van der Waals surface area contributed by atoms with Crippen molar-refractivity contribution in [3.63, 3.8) is 0 Å². The van der Waals surface area contributed by atoms with Crippen molar-refractivity contribution in [1.29, 1.82) is 0 Å². The van der Waals surface area contributed by atoms with Crippen LogP contribution in [0, 0.1) is 5.92 Å². The zero-order valence-corrected chi connectivity index (χ0v) is 13.9. The first-order chi connectivity index (χ1) is 9.52. The molecule has 1 saturated carbocycles. The van der Waals surface area contributed by atoms with Gasteiger partial charge in [-0.3, -0.25) is 0 Å². The van der Waals surface area contributed by atoms with Gasteiger partial charge in [-0.05, 0) is 63.3 Å². The standard InChI is InChI=1S/C17H27ClN2/c1-12-5-7-14(8-6-12)20(4)15-9-10-16(13(2)19-3)17(18)11-15/h9-14,19H,5-8H2,1-4H3. The number of rotatable bonds is 4. The summed E-state index contributed by atoms with van der Waals surface area (Å²) in [5.74, 6) is 0.891. The molecule has 0 amide bonds. The molecule has 1 fully saturated rings. The summed E-state index contributed by atoms with van der Waals surface area (Å²) in [6.07, 6.45) is 5.28. The van der Waals surface area contributed by atoms with E-state index in [4.69, 9.17) is 11.6 Å². The van der Waals surface area contributed by atoms with Crippen molar-refractivity contribution in [2.24, 2.45) is 5.92 Å². The highest BCUT2D eigenvalue weighted by atomic mass is 35.5. The minimum Gasteiger partial charge on any atom is -0.372 e. The largest absolute Gasteiger partial charge is 0.372 e. The molecule has 1 aliphatic rings. The Morgan fingerprint density at radius 2 is 1.90 bits per heavy atom. The lowest BCUT2D eigenvalue weighted by Gasteiger charge is -2.35. The molecule has 0 bridgehead atoms. The number of benzene rings is 1. The first-order valence-corrected chi connectivity index (χ1v) is 8.10. The molecule has 0 saturated heterocycles. The average molecular weight is 295 g/mol. The molecule has 2 rings (SSSR count). The van der Waals surface area contributed by atoms with Crippen LogP contribution in [0.3, 0.4) is 0 Å². The molecule has 1 atom stereocenters. The summed E-state index contributed by atoms with van der Waals surface area (Å²) in [5.41, 5.74) is 2.41. The van der Waals surface area contributed by atoms with Crippen LogP contribution in [0.25, 0.3) is 0 Å². The van der Waals surface area contributed by atoms with Gasteiger partial charge in [0, 0.05) is 29.8 Å². The molecule has 0 aliphatic heterocycles. The fourth-order valence-electron chi connectivity index (χ4n) is 3.08. The van der Waals surface area contributed by atoms with Crippen LogP contribution in [-0.4, -0.2) is 20.1 Å². The molecular formula is C17H27ClN2. The van der Waals surface area contributed by atoms with Gasteiger partial charge in [0.25, 0.3) is 0 Å². The Morgan fingerprint density at radius 1 is 1.25 bits per heavy atom. The molecule has 112 valence electrons. The van der Waals surface area contributed by atoms with Crippen LogP contribution >= 0.6 is 11.6 Å². The Hall–Kier alpha value is -0.730. The van der Waals surface area contributed by atoms with Crippen LogP contribution in [0.15, 0.2) is 18.2 Å². The van der Waals surface area contributed by atoms with Crippen molar-refractivity contribution in [3.05, 3.63) is 28.8 Å². The molecule has 0 aromatic heterocycles. The fourth-order valence-corrected chi connectivity index (χ4v) is 3.42. The highest BCUT2D eigenvalue weighted by Crippen LogP contribution is 2.32. The van der Waals surface area contributed by atoms with E-state index >= 15 is 0 Å². The molecule has 0 spiro atoms. The van der Waals surface area contributed by atoms with Gasteiger partial charge in [0.05, 0.1) is 0 Å². The molecule has 1 N–H and O–H groups in total. The van der Waals surface area contributed by atoms with E-state index in [-0.39, 0.29) is 6.04 Å². The topological polar surface area (TPSA) is 15.3 Å². The Balaban J connectivity index is 2.10. The van der Waals surface area contributed by atoms with E-state index < -0.39 is 0 Å². The van der Waals surface area contributed by atoms with Crippen LogP contribution in [0.5, 0.6) is 0 Å². The Bertz CT molecular complexity index is 439. The van der Waals surface area contributed by atoms with Gasteiger partial charge in [-0.15, -0.1) is 0 Å². The van der Waals surface area contributed by atoms with Gasteiger partial charge in [0.15, 0.2) is 0 Å². The molecule has 1 aromatic carbocycles. The monoisotopic (exact) mass is 294 g/mol. The van der Waals surface area contributed by atoms with Gasteiger partial charge in [-0.1, -0.05) is 24.6 Å². The van der Waals surface area contributed by atoms with E-state index in [0.717, 1.165) is 10.9 Å². The third kappa shape index (κ3) is 3.48. The lowest BCUT2D eigenvalue weighted by Crippen LogP contribution is -2.34. The molecule has 0 radical (unpaired) electrons. The third-order valence-corrected chi connectivity index (χ3v) is 5.15. The average Bonchev–Trinajstić information content (AvgIpc) is 2.46. The predicted octanol–water partition coefficient (Wildman–Crippen LogP) is 4.64. The number of nitrogens with one attached hydrogen (secondary N) is 1. The van der Waals surface area contributed by atoms with E-state index in [1.165, 1.54) is 36.9 Å². The molecule has 3 heteroatoms. The van der Waals surface area contributed by atoms with Gasteiger partial charge >= 0.3 is 0 Å². The molecule has 20 heavy (non-hydrogen) atoms. The summed E-state index contributed by atoms with van der Waals surface area (Å²) < 4.78 is 0. The normalized spacial score (nSPS) is 24.4. The van der Waals surface area contributed by atoms with Gasteiger partial charge < -0.3 is 10.2 Å². The van der Waals surface area contributed by atoms with Crippen molar-refractivity contribution in [3.8, 4) is 0 Å². The zero-order valence-electron chi connectivity index (χ0n) is 13.1. The molecule has 1 aromatic rings. The summed E-state index contributed by atoms with van der Waals surface area (Å²) in [6.45, 7) is 4.49. The van der Waals surface area contributed by atoms with E-state index in [0.29, 0.717) is 6.04 Å². The van der Waals surface area contributed by atoms with Crippen molar-refractivity contribution in [2.45, 2.75) is 51.6 Å². The van der Waals surface area contributed by atoms with Crippen molar-refractivity contribution in [2.75, 3.05) is 19.0 Å². The van der Waals surface area contributed by atoms with Gasteiger partial charge in [-0.25, -0.2) is 0 Å². The van der Waals surface area contributed by atoms with Crippen LogP contribution in [0.4, 0.5) is 5.69 Å². The van der Waals surface area contributed by atoms with Gasteiger partial charge in [0.2, 0.25) is 0 Å². The summed E-state index contributed by atoms with van der Waals surface area (Å²) in [5, 5.41) is 4.10. The van der Waals surface area contributed by atoms with Crippen LogP contribution < -0.4 is 10.2 Å². The van der Waals surface area contributed by atoms with E-state index in [2.05, 4.69) is 49.3 Å². The maximum absolute atomic E-state index is 6.44. The van der Waals surface area contributed by atoms with Crippen molar-refractivity contribution < 1.29 is 0 Å². The zero-order chi connectivity index (χ0) is 14.7. The summed E-state index contributed by atoms with van der Waals surface area (Å²) >= 11 is 6.44. The Labute approximate surface area is 128 Å². The van der Waals surface area contributed by atoms with E-state index in [1.54, 1.807) is 0 Å². The first kappa shape index (κ1) is 15.7. The number of nitrogens with zero attached hydrogens (tertiary/aromatic N) is 1. The molecular weight excluding hydrogens is 268 g/mol. The smallest absolute Gasteiger partial charge is 0.0474 e. The minimum atomic E-state index is 0.289. The number of hydrogen-bond donors (Lipinski definition) is 1. The predicted molar refractivity (Wildman–Crippen MR) is 88.7 cm³/mol. The van der Waals surface area contributed by atoms with E-state index in [9.17, 15) is 0 Å². The fraction of sp³-hybridized carbons (Fsp3) is 0.647. The second-order valence-electron chi connectivity index (χ2n) is 6.24. The molecule has 2 nitrogen and oxygen atoms in total. The molecule has 1 unspecified atom stereocenters. The summed E-state index contributed by atoms with van der Waals surface area (Å²) in [7, 11) is 4.16. The van der Waals surface area contributed by atoms with E-state index in [1.807, 2.05) is 7.05 Å². The maximum Gasteiger partial charge on any atom is 0.0474 e. The Morgan fingerprint density at radius 3 is 2.45 bits per heavy atom. The molecule has 1 aliphatic carbocycles. The highest BCUT2D eigenvalue weighted by molar-refractivity contribution is 6.31. The second-order valence-corrected chi connectivity index (χ2v) is 6.65. The number of hydrogen-bond acceptors (Lipinski definition) is 2. The minimum absolute atomic E-state index is 0.289. The van der Waals surface area contributed by atoms with Gasteiger partial charge in [0.1, 0.15) is 0 Å². The van der Waals surface area contributed by atoms with Gasteiger partial charge in [-0.2, -0.15) is 0 Å². The van der Waals surface area contributed by atoms with Crippen LogP contribution in [0.2, 0.25) is 5.02 Å². The highest BCUT2D eigenvalue weighted by Gasteiger charge is 2.22. The summed E-state index contributed by atoms with van der Waals surface area (Å²) in [6, 6.07) is 7.42. The third-order valence-electron chi connectivity index (χ3n) is 4.82.